The zero-order chi connectivity index (χ0) is 18.7. The summed E-state index contributed by atoms with van der Waals surface area (Å²) >= 11 is 0. The van der Waals surface area contributed by atoms with Crippen LogP contribution in [0.4, 0.5) is 0 Å². The smallest absolute Gasteiger partial charge is 0.125 e. The molecule has 0 rings (SSSR count). The Balaban J connectivity index is 0. The minimum Gasteiger partial charge on any atom is -0.393 e. The topological polar surface area (TPSA) is 37.3 Å². The third-order valence-corrected chi connectivity index (χ3v) is 4.12. The van der Waals surface area contributed by atoms with E-state index in [0.29, 0.717) is 0 Å². The molecule has 0 aliphatic rings. The third-order valence-electron chi connectivity index (χ3n) is 4.12. The van der Waals surface area contributed by atoms with Crippen LogP contribution in [0.1, 0.15) is 97.8 Å². The molecule has 0 aromatic rings. The number of carbonyl (C=O) groups excluding carboxylic acids is 1. The highest BCUT2D eigenvalue weighted by Gasteiger charge is 2.14. The number of unbranched alkanes of at least 4 members (excludes halogenated alkanes) is 8. The van der Waals surface area contributed by atoms with Gasteiger partial charge in [0.25, 0.3) is 0 Å². The molecule has 1 N–H and O–H groups in total. The van der Waals surface area contributed by atoms with E-state index in [1.54, 1.807) is 12.2 Å². The molecule has 0 aromatic heterocycles. The summed E-state index contributed by atoms with van der Waals surface area (Å²) in [6, 6.07) is 0. The highest BCUT2D eigenvalue weighted by atomic mass is 16.3. The van der Waals surface area contributed by atoms with Gasteiger partial charge in [-0.15, -0.1) is 13.2 Å². The second kappa shape index (κ2) is 18.4. The fraction of sp³-hybridized carbons (Fsp3) is 0.773. The van der Waals surface area contributed by atoms with Crippen LogP contribution in [0.25, 0.3) is 0 Å². The first kappa shape index (κ1) is 25.4. The third kappa shape index (κ3) is 21.1. The lowest BCUT2D eigenvalue weighted by molar-refractivity contribution is -0.115. The molecule has 0 heterocycles. The molecular weight excluding hydrogens is 296 g/mol. The van der Waals surface area contributed by atoms with E-state index in [9.17, 15) is 9.90 Å². The van der Waals surface area contributed by atoms with Crippen molar-refractivity contribution < 1.29 is 9.90 Å². The van der Waals surface area contributed by atoms with Gasteiger partial charge >= 0.3 is 0 Å². The van der Waals surface area contributed by atoms with E-state index in [1.165, 1.54) is 51.4 Å². The largest absolute Gasteiger partial charge is 0.393 e. The van der Waals surface area contributed by atoms with Crippen LogP contribution in [-0.2, 0) is 4.79 Å². The maximum absolute atomic E-state index is 10.8. The van der Waals surface area contributed by atoms with Crippen molar-refractivity contribution in [1.82, 2.24) is 0 Å². The van der Waals surface area contributed by atoms with Gasteiger partial charge in [0.15, 0.2) is 0 Å². The Hall–Kier alpha value is -0.890. The lowest BCUT2D eigenvalue weighted by Gasteiger charge is -2.15. The molecular formula is C22H42O2. The Morgan fingerprint density at radius 2 is 1.33 bits per heavy atom. The molecule has 0 spiro atoms. The van der Waals surface area contributed by atoms with Crippen molar-refractivity contribution in [3.05, 3.63) is 25.3 Å². The van der Waals surface area contributed by atoms with E-state index < -0.39 is 0 Å². The number of aliphatic hydroxyl groups is 1. The molecule has 0 aromatic carbocycles. The number of hydrogen-bond acceptors (Lipinski definition) is 2. The lowest BCUT2D eigenvalue weighted by atomic mass is 9.88. The van der Waals surface area contributed by atoms with Gasteiger partial charge in [-0.1, -0.05) is 83.8 Å². The Bertz CT molecular complexity index is 294. The summed E-state index contributed by atoms with van der Waals surface area (Å²) in [6.45, 7) is 12.9. The average Bonchev–Trinajstić information content (AvgIpc) is 2.53. The summed E-state index contributed by atoms with van der Waals surface area (Å²) in [5.41, 5.74) is -0.129. The fourth-order valence-corrected chi connectivity index (χ4v) is 2.57. The second-order valence-corrected chi connectivity index (χ2v) is 7.41. The molecule has 24 heavy (non-hydrogen) atoms. The van der Waals surface area contributed by atoms with E-state index >= 15 is 0 Å². The van der Waals surface area contributed by atoms with Gasteiger partial charge in [-0.2, -0.15) is 0 Å². The molecule has 1 atom stereocenters. The summed E-state index contributed by atoms with van der Waals surface area (Å²) in [4.78, 5) is 10.8. The van der Waals surface area contributed by atoms with Crippen LogP contribution in [0.3, 0.4) is 0 Å². The van der Waals surface area contributed by atoms with Crippen LogP contribution in [0, 0.1) is 5.41 Å². The monoisotopic (exact) mass is 338 g/mol. The molecule has 0 bridgehead atoms. The van der Waals surface area contributed by atoms with Crippen molar-refractivity contribution >= 4 is 6.29 Å². The predicted molar refractivity (Wildman–Crippen MR) is 107 cm³/mol. The molecule has 0 saturated carbocycles. The van der Waals surface area contributed by atoms with Gasteiger partial charge in [-0.3, -0.25) is 0 Å². The lowest BCUT2D eigenvalue weighted by Crippen LogP contribution is -2.12. The van der Waals surface area contributed by atoms with Gasteiger partial charge in [0, 0.05) is 5.41 Å². The van der Waals surface area contributed by atoms with Gasteiger partial charge < -0.3 is 9.90 Å². The van der Waals surface area contributed by atoms with Crippen molar-refractivity contribution in [3.63, 3.8) is 0 Å². The summed E-state index contributed by atoms with van der Waals surface area (Å²) in [5.74, 6) is 0. The summed E-state index contributed by atoms with van der Waals surface area (Å²) in [7, 11) is 0. The molecule has 0 fully saturated rings. The normalized spacial score (nSPS) is 12.0. The van der Waals surface area contributed by atoms with Crippen molar-refractivity contribution in [3.8, 4) is 0 Å². The Morgan fingerprint density at radius 1 is 0.917 bits per heavy atom. The maximum Gasteiger partial charge on any atom is 0.125 e. The number of carbonyl (C=O) groups is 1. The number of aldehydes is 1. The number of hydrogen-bond donors (Lipinski definition) is 1. The second-order valence-electron chi connectivity index (χ2n) is 7.41. The zero-order valence-electron chi connectivity index (χ0n) is 16.6. The predicted octanol–water partition coefficient (Wildman–Crippen LogP) is 6.63. The first-order valence-electron chi connectivity index (χ1n) is 9.75. The molecule has 142 valence electrons. The molecule has 0 aliphatic carbocycles. The van der Waals surface area contributed by atoms with Crippen LogP contribution >= 0.6 is 0 Å². The van der Waals surface area contributed by atoms with Gasteiger partial charge in [0.2, 0.25) is 0 Å². The summed E-state index contributed by atoms with van der Waals surface area (Å²) < 4.78 is 0. The first-order chi connectivity index (χ1) is 11.4. The van der Waals surface area contributed by atoms with E-state index in [2.05, 4.69) is 13.2 Å². The van der Waals surface area contributed by atoms with Crippen LogP contribution in [0.15, 0.2) is 25.3 Å². The van der Waals surface area contributed by atoms with Gasteiger partial charge in [0.05, 0.1) is 6.10 Å². The van der Waals surface area contributed by atoms with Crippen molar-refractivity contribution in [2.24, 2.45) is 5.41 Å². The van der Waals surface area contributed by atoms with E-state index in [1.807, 2.05) is 20.8 Å². The van der Waals surface area contributed by atoms with Crippen LogP contribution in [0.5, 0.6) is 0 Å². The highest BCUT2D eigenvalue weighted by molar-refractivity contribution is 5.57. The molecule has 0 aliphatic heterocycles. The van der Waals surface area contributed by atoms with Crippen LogP contribution in [-0.4, -0.2) is 17.5 Å². The molecule has 0 radical (unpaired) electrons. The maximum atomic E-state index is 10.8. The molecule has 1 unspecified atom stereocenters. The van der Waals surface area contributed by atoms with Crippen LogP contribution < -0.4 is 0 Å². The average molecular weight is 339 g/mol. The minimum atomic E-state index is -0.182. The van der Waals surface area contributed by atoms with Gasteiger partial charge in [-0.25, -0.2) is 0 Å². The summed E-state index contributed by atoms with van der Waals surface area (Å²) in [5, 5.41) is 9.55. The summed E-state index contributed by atoms with van der Waals surface area (Å²) in [6.07, 6.45) is 18.5. The highest BCUT2D eigenvalue weighted by Crippen LogP contribution is 2.21. The Morgan fingerprint density at radius 3 is 1.75 bits per heavy atom. The standard InChI is InChI=1S/C19H36O2.C3H6/c1-4-14-18(21)15-12-10-8-6-5-7-9-11-13-16-19(2,3)17-20;1-3-2/h4,17-18,21H,1,5-16H2,2-3H3;3H,1H2,2H3. The van der Waals surface area contributed by atoms with E-state index in [0.717, 1.165) is 32.0 Å². The number of aliphatic hydroxyl groups excluding tert-OH is 1. The number of allylic oxidation sites excluding steroid dienone is 1. The zero-order valence-corrected chi connectivity index (χ0v) is 16.6. The Kier molecular flexibility index (Phi) is 19.5. The van der Waals surface area contributed by atoms with Crippen molar-refractivity contribution in [2.75, 3.05) is 0 Å². The first-order valence-corrected chi connectivity index (χ1v) is 9.75. The molecule has 0 saturated heterocycles. The fourth-order valence-electron chi connectivity index (χ4n) is 2.57. The molecule has 2 heteroatoms. The van der Waals surface area contributed by atoms with Gasteiger partial charge in [0.1, 0.15) is 6.29 Å². The quantitative estimate of drug-likeness (QED) is 0.207. The van der Waals surface area contributed by atoms with Crippen molar-refractivity contribution in [1.29, 1.82) is 0 Å². The number of rotatable bonds is 15. The molecule has 2 nitrogen and oxygen atoms in total. The van der Waals surface area contributed by atoms with E-state index in [4.69, 9.17) is 0 Å². The Labute approximate surface area is 151 Å². The van der Waals surface area contributed by atoms with Gasteiger partial charge in [-0.05, 0) is 26.2 Å². The SMILES string of the molecule is C=CC.C=CCC(O)CCCCCCCCCCCC(C)(C)C=O. The van der Waals surface area contributed by atoms with E-state index in [-0.39, 0.29) is 11.5 Å². The minimum absolute atomic E-state index is 0.129. The van der Waals surface area contributed by atoms with Crippen molar-refractivity contribution in [2.45, 2.75) is 104 Å². The van der Waals surface area contributed by atoms with Crippen LogP contribution in [0.2, 0.25) is 0 Å². The molecule has 0 amide bonds.